The predicted octanol–water partition coefficient (Wildman–Crippen LogP) is 3.66. The van der Waals surface area contributed by atoms with Gasteiger partial charge in [0.15, 0.2) is 5.96 Å². The van der Waals surface area contributed by atoms with Gasteiger partial charge in [0, 0.05) is 23.9 Å². The van der Waals surface area contributed by atoms with Crippen molar-refractivity contribution in [2.24, 2.45) is 4.99 Å². The van der Waals surface area contributed by atoms with Crippen LogP contribution in [0, 0.1) is 13.8 Å². The highest BCUT2D eigenvalue weighted by molar-refractivity contribution is 14.0. The third kappa shape index (κ3) is 6.09. The summed E-state index contributed by atoms with van der Waals surface area (Å²) in [5.41, 5.74) is 1.71. The molecule has 0 spiro atoms. The molecule has 1 atom stereocenters. The molecule has 3 rings (SSSR count). The maximum Gasteiger partial charge on any atom is 0.191 e. The first-order valence-electron chi connectivity index (χ1n) is 9.80. The van der Waals surface area contributed by atoms with Crippen LogP contribution in [0.4, 0.5) is 0 Å². The monoisotopic (exact) mass is 523 g/mol. The van der Waals surface area contributed by atoms with E-state index >= 15 is 0 Å². The molecule has 0 bridgehead atoms. The van der Waals surface area contributed by atoms with Crippen molar-refractivity contribution >= 4 is 29.9 Å². The number of benzene rings is 1. The normalized spacial score (nSPS) is 13.4. The van der Waals surface area contributed by atoms with Crippen molar-refractivity contribution in [3.8, 4) is 5.69 Å². The Morgan fingerprint density at radius 1 is 1.23 bits per heavy atom. The highest BCUT2D eigenvalue weighted by atomic mass is 127. The van der Waals surface area contributed by atoms with Gasteiger partial charge in [-0.15, -0.1) is 24.0 Å². The van der Waals surface area contributed by atoms with Gasteiger partial charge in [-0.3, -0.25) is 0 Å². The Morgan fingerprint density at radius 2 is 1.97 bits per heavy atom. The molecule has 0 aliphatic heterocycles. The quantitative estimate of drug-likeness (QED) is 0.250. The average Bonchev–Trinajstić information content (AvgIpc) is 3.31. The van der Waals surface area contributed by atoms with Gasteiger partial charge in [-0.05, 0) is 45.9 Å². The third-order valence-corrected chi connectivity index (χ3v) is 4.64. The molecule has 2 aromatic heterocycles. The van der Waals surface area contributed by atoms with Crippen LogP contribution in [0.3, 0.4) is 0 Å². The van der Waals surface area contributed by atoms with Gasteiger partial charge >= 0.3 is 0 Å². The van der Waals surface area contributed by atoms with Crippen LogP contribution in [0.1, 0.15) is 36.5 Å². The van der Waals surface area contributed by atoms with E-state index in [0.29, 0.717) is 19.0 Å². The standard InChI is InChI=1S/C22H29N5O2.HI/c1-5-23-21(25-15-22(4,28)20-11-16(2)29-17(20)3)24-12-18-13-26-27(14-18)19-9-7-6-8-10-19;/h6-11,13-14,28H,5,12,15H2,1-4H3,(H2,23,24,25);1H. The number of guanidine groups is 1. The van der Waals surface area contributed by atoms with E-state index in [1.54, 1.807) is 6.92 Å². The number of rotatable bonds is 7. The van der Waals surface area contributed by atoms with Crippen LogP contribution in [-0.4, -0.2) is 33.9 Å². The fraction of sp³-hybridized carbons (Fsp3) is 0.364. The number of aryl methyl sites for hydroxylation is 2. The Labute approximate surface area is 194 Å². The Kier molecular flexibility index (Phi) is 8.48. The van der Waals surface area contributed by atoms with Crippen molar-refractivity contribution in [3.63, 3.8) is 0 Å². The Balaban J connectivity index is 0.00000320. The molecule has 0 radical (unpaired) electrons. The van der Waals surface area contributed by atoms with E-state index in [4.69, 9.17) is 4.42 Å². The molecule has 1 aromatic carbocycles. The number of hydrogen-bond acceptors (Lipinski definition) is 4. The molecule has 1 unspecified atom stereocenters. The lowest BCUT2D eigenvalue weighted by molar-refractivity contribution is 0.0601. The first-order valence-corrected chi connectivity index (χ1v) is 9.80. The second kappa shape index (κ2) is 10.6. The molecule has 3 aromatic rings. The lowest BCUT2D eigenvalue weighted by Gasteiger charge is -2.24. The van der Waals surface area contributed by atoms with Crippen LogP contribution in [0.2, 0.25) is 0 Å². The van der Waals surface area contributed by atoms with Crippen molar-refractivity contribution in [2.45, 2.75) is 39.8 Å². The van der Waals surface area contributed by atoms with Crippen LogP contribution < -0.4 is 10.6 Å². The van der Waals surface area contributed by atoms with Gasteiger partial charge in [-0.1, -0.05) is 18.2 Å². The molecule has 0 amide bonds. The van der Waals surface area contributed by atoms with Gasteiger partial charge in [0.05, 0.1) is 25.0 Å². The van der Waals surface area contributed by atoms with Crippen molar-refractivity contribution in [1.82, 2.24) is 20.4 Å². The second-order valence-corrected chi connectivity index (χ2v) is 7.28. The molecule has 8 heteroatoms. The van der Waals surface area contributed by atoms with Gasteiger partial charge in [0.2, 0.25) is 0 Å². The number of furan rings is 1. The molecule has 0 saturated carbocycles. The molecule has 30 heavy (non-hydrogen) atoms. The average molecular weight is 523 g/mol. The Hall–Kier alpha value is -2.33. The number of nitrogens with one attached hydrogen (secondary N) is 2. The zero-order valence-electron chi connectivity index (χ0n) is 17.8. The van der Waals surface area contributed by atoms with E-state index in [2.05, 4.69) is 20.7 Å². The van der Waals surface area contributed by atoms with E-state index in [1.807, 2.05) is 74.2 Å². The molecular formula is C22H30IN5O2. The minimum atomic E-state index is -1.07. The van der Waals surface area contributed by atoms with Gasteiger partial charge in [0.1, 0.15) is 17.1 Å². The summed E-state index contributed by atoms with van der Waals surface area (Å²) in [5, 5.41) is 21.7. The molecule has 2 heterocycles. The lowest BCUT2D eigenvalue weighted by Crippen LogP contribution is -2.44. The van der Waals surface area contributed by atoms with E-state index in [0.717, 1.165) is 34.9 Å². The van der Waals surface area contributed by atoms with Gasteiger partial charge in [0.25, 0.3) is 0 Å². The number of aliphatic hydroxyl groups is 1. The van der Waals surface area contributed by atoms with E-state index < -0.39 is 5.60 Å². The summed E-state index contributed by atoms with van der Waals surface area (Å²) in [6.07, 6.45) is 3.78. The highest BCUT2D eigenvalue weighted by Gasteiger charge is 2.27. The van der Waals surface area contributed by atoms with Crippen LogP contribution >= 0.6 is 24.0 Å². The van der Waals surface area contributed by atoms with Gasteiger partial charge in [-0.25, -0.2) is 9.67 Å². The molecule has 0 saturated heterocycles. The summed E-state index contributed by atoms with van der Waals surface area (Å²) < 4.78 is 7.39. The topological polar surface area (TPSA) is 87.6 Å². The molecule has 3 N–H and O–H groups in total. The number of aromatic nitrogens is 2. The molecule has 0 fully saturated rings. The van der Waals surface area contributed by atoms with Crippen LogP contribution in [0.5, 0.6) is 0 Å². The summed E-state index contributed by atoms with van der Waals surface area (Å²) in [6, 6.07) is 11.8. The molecule has 162 valence electrons. The molecule has 0 aliphatic rings. The summed E-state index contributed by atoms with van der Waals surface area (Å²) in [6.45, 7) is 9.02. The third-order valence-electron chi connectivity index (χ3n) is 4.64. The van der Waals surface area contributed by atoms with E-state index in [1.165, 1.54) is 0 Å². The molecular weight excluding hydrogens is 493 g/mol. The lowest BCUT2D eigenvalue weighted by atomic mass is 9.96. The zero-order valence-corrected chi connectivity index (χ0v) is 20.2. The van der Waals surface area contributed by atoms with Crippen molar-refractivity contribution < 1.29 is 9.52 Å². The minimum absolute atomic E-state index is 0. The summed E-state index contributed by atoms with van der Waals surface area (Å²) in [7, 11) is 0. The highest BCUT2D eigenvalue weighted by Crippen LogP contribution is 2.26. The first kappa shape index (κ1) is 23.9. The van der Waals surface area contributed by atoms with E-state index in [9.17, 15) is 5.11 Å². The van der Waals surface area contributed by atoms with Gasteiger partial charge in [-0.2, -0.15) is 5.10 Å². The predicted molar refractivity (Wildman–Crippen MR) is 130 cm³/mol. The first-order chi connectivity index (χ1) is 13.9. The van der Waals surface area contributed by atoms with Crippen molar-refractivity contribution in [1.29, 1.82) is 0 Å². The number of halogens is 1. The van der Waals surface area contributed by atoms with Crippen molar-refractivity contribution in [3.05, 3.63) is 71.4 Å². The smallest absolute Gasteiger partial charge is 0.191 e. The fourth-order valence-corrected chi connectivity index (χ4v) is 3.19. The maximum absolute atomic E-state index is 10.9. The molecule has 7 nitrogen and oxygen atoms in total. The Morgan fingerprint density at radius 3 is 2.60 bits per heavy atom. The zero-order chi connectivity index (χ0) is 20.9. The number of nitrogens with zero attached hydrogens (tertiary/aromatic N) is 3. The number of aliphatic imine (C=N–C) groups is 1. The van der Waals surface area contributed by atoms with Crippen LogP contribution in [0.15, 0.2) is 58.2 Å². The van der Waals surface area contributed by atoms with E-state index in [-0.39, 0.29) is 24.0 Å². The molecule has 0 aliphatic carbocycles. The van der Waals surface area contributed by atoms with Gasteiger partial charge < -0.3 is 20.2 Å². The van der Waals surface area contributed by atoms with Crippen molar-refractivity contribution in [2.75, 3.05) is 13.1 Å². The Bertz CT molecular complexity index is 963. The fourth-order valence-electron chi connectivity index (χ4n) is 3.19. The van der Waals surface area contributed by atoms with Crippen LogP contribution in [0.25, 0.3) is 5.69 Å². The largest absolute Gasteiger partial charge is 0.466 e. The summed E-state index contributed by atoms with van der Waals surface area (Å²) >= 11 is 0. The number of para-hydroxylation sites is 1. The minimum Gasteiger partial charge on any atom is -0.466 e. The summed E-state index contributed by atoms with van der Waals surface area (Å²) in [4.78, 5) is 4.62. The SMILES string of the molecule is CCNC(=NCc1cnn(-c2ccccc2)c1)NCC(C)(O)c1cc(C)oc1C.I. The second-order valence-electron chi connectivity index (χ2n) is 7.28. The summed E-state index contributed by atoms with van der Waals surface area (Å²) in [5.74, 6) is 2.15. The maximum atomic E-state index is 10.9. The number of hydrogen-bond donors (Lipinski definition) is 3. The van der Waals surface area contributed by atoms with Crippen LogP contribution in [-0.2, 0) is 12.1 Å².